The van der Waals surface area contributed by atoms with Gasteiger partial charge in [0.15, 0.2) is 0 Å². The summed E-state index contributed by atoms with van der Waals surface area (Å²) in [6.45, 7) is -0.207. The van der Waals surface area contributed by atoms with E-state index >= 15 is 0 Å². The molecule has 126 valence electrons. The van der Waals surface area contributed by atoms with Gasteiger partial charge < -0.3 is 32.3 Å². The fourth-order valence-corrected chi connectivity index (χ4v) is 1.59. The first-order chi connectivity index (χ1) is 10.3. The molecular weight excluding hydrogens is 296 g/mol. The summed E-state index contributed by atoms with van der Waals surface area (Å²) in [6, 6.07) is -2.28. The predicted octanol–water partition coefficient (Wildman–Crippen LogP) is -2.40. The summed E-state index contributed by atoms with van der Waals surface area (Å²) in [7, 11) is 0. The maximum absolute atomic E-state index is 11.8. The lowest BCUT2D eigenvalue weighted by molar-refractivity contribution is -0.141. The third kappa shape index (κ3) is 8.87. The molecule has 0 fully saturated rings. The van der Waals surface area contributed by atoms with Crippen LogP contribution in [0.15, 0.2) is 0 Å². The highest BCUT2D eigenvalue weighted by molar-refractivity contribution is 5.93. The van der Waals surface area contributed by atoms with Gasteiger partial charge in [0.2, 0.25) is 11.8 Å². The van der Waals surface area contributed by atoms with E-state index in [4.69, 9.17) is 21.7 Å². The van der Waals surface area contributed by atoms with Gasteiger partial charge in [-0.25, -0.2) is 0 Å². The van der Waals surface area contributed by atoms with Crippen molar-refractivity contribution in [3.05, 3.63) is 0 Å². The number of aliphatic carboxylic acids is 2. The number of nitrogens with one attached hydrogen (secondary N) is 2. The highest BCUT2D eigenvalue weighted by Gasteiger charge is 2.26. The number of carboxylic acid groups (broad SMARTS) is 2. The Morgan fingerprint density at radius 3 is 2.14 bits per heavy atom. The second-order valence-corrected chi connectivity index (χ2v) is 4.66. The highest BCUT2D eigenvalue weighted by Crippen LogP contribution is 2.00. The Morgan fingerprint density at radius 1 is 1.00 bits per heavy atom. The minimum atomic E-state index is -1.38. The summed E-state index contributed by atoms with van der Waals surface area (Å²) in [4.78, 5) is 44.6. The summed E-state index contributed by atoms with van der Waals surface area (Å²) in [5.74, 6) is -4.17. The van der Waals surface area contributed by atoms with E-state index in [9.17, 15) is 19.2 Å². The number of hydrogen-bond acceptors (Lipinski definition) is 6. The number of unbranched alkanes of at least 4 members (excludes halogenated alkanes) is 1. The lowest BCUT2D eigenvalue weighted by Gasteiger charge is -2.19. The topological polar surface area (TPSA) is 185 Å². The van der Waals surface area contributed by atoms with E-state index in [0.717, 1.165) is 0 Å². The fraction of sp³-hybridized carbons (Fsp3) is 0.667. The minimum absolute atomic E-state index is 0.347. The van der Waals surface area contributed by atoms with Crippen LogP contribution in [0.3, 0.4) is 0 Å². The van der Waals surface area contributed by atoms with Crippen LogP contribution in [0, 0.1) is 0 Å². The first-order valence-electron chi connectivity index (χ1n) is 6.75. The summed E-state index contributed by atoms with van der Waals surface area (Å²) in [5.41, 5.74) is 10.9. The lowest BCUT2D eigenvalue weighted by atomic mass is 10.1. The number of carbonyl (C=O) groups is 4. The molecule has 0 aromatic heterocycles. The molecule has 22 heavy (non-hydrogen) atoms. The van der Waals surface area contributed by atoms with Crippen LogP contribution in [0.5, 0.6) is 0 Å². The van der Waals surface area contributed by atoms with Crippen molar-refractivity contribution in [2.45, 2.75) is 37.8 Å². The van der Waals surface area contributed by atoms with E-state index in [1.165, 1.54) is 0 Å². The molecule has 2 amide bonds. The Hall–Kier alpha value is -2.20. The largest absolute Gasteiger partial charge is 0.481 e. The van der Waals surface area contributed by atoms with Crippen molar-refractivity contribution >= 4 is 23.8 Å². The monoisotopic (exact) mass is 318 g/mol. The third-order valence-electron chi connectivity index (χ3n) is 2.73. The molecule has 0 aromatic carbocycles. The normalized spacial score (nSPS) is 13.0. The van der Waals surface area contributed by atoms with Crippen molar-refractivity contribution in [1.82, 2.24) is 10.6 Å². The molecule has 0 aromatic rings. The predicted molar refractivity (Wildman–Crippen MR) is 75.7 cm³/mol. The first kappa shape index (κ1) is 19.8. The molecule has 10 heteroatoms. The summed E-state index contributed by atoms with van der Waals surface area (Å²) in [6.07, 6.45) is 0.991. The zero-order valence-corrected chi connectivity index (χ0v) is 12.1. The quantitative estimate of drug-likeness (QED) is 0.228. The summed E-state index contributed by atoms with van der Waals surface area (Å²) in [5, 5.41) is 21.4. The summed E-state index contributed by atoms with van der Waals surface area (Å²) < 4.78 is 0. The number of carbonyl (C=O) groups excluding carboxylic acids is 2. The first-order valence-corrected chi connectivity index (χ1v) is 6.75. The fourth-order valence-electron chi connectivity index (χ4n) is 1.59. The minimum Gasteiger partial charge on any atom is -0.481 e. The molecule has 8 N–H and O–H groups in total. The number of hydrogen-bond donors (Lipinski definition) is 6. The van der Waals surface area contributed by atoms with Crippen LogP contribution in [0.4, 0.5) is 0 Å². The van der Waals surface area contributed by atoms with Gasteiger partial charge in [0.05, 0.1) is 12.5 Å². The van der Waals surface area contributed by atoms with Crippen molar-refractivity contribution < 1.29 is 29.4 Å². The van der Waals surface area contributed by atoms with Crippen molar-refractivity contribution in [2.24, 2.45) is 11.5 Å². The number of carboxylic acids is 2. The molecule has 0 saturated heterocycles. The van der Waals surface area contributed by atoms with Crippen molar-refractivity contribution in [1.29, 1.82) is 0 Å². The molecule has 0 bridgehead atoms. The van der Waals surface area contributed by atoms with Gasteiger partial charge in [-0.3, -0.25) is 19.2 Å². The maximum Gasteiger partial charge on any atom is 0.322 e. The Kier molecular flexibility index (Phi) is 9.46. The van der Waals surface area contributed by atoms with Crippen LogP contribution < -0.4 is 22.1 Å². The lowest BCUT2D eigenvalue weighted by Crippen LogP contribution is -2.52. The van der Waals surface area contributed by atoms with Crippen LogP contribution in [0.2, 0.25) is 0 Å². The van der Waals surface area contributed by atoms with Gasteiger partial charge in [-0.05, 0) is 19.4 Å². The number of nitrogens with two attached hydrogens (primary N) is 2. The SMILES string of the molecule is NCCCCC(N)C(=O)NC(CC(=O)O)C(=O)NCC(=O)O. The Balaban J connectivity index is 4.55. The van der Waals surface area contributed by atoms with Crippen LogP contribution in [0.25, 0.3) is 0 Å². The number of rotatable bonds is 11. The van der Waals surface area contributed by atoms with Gasteiger partial charge in [-0.2, -0.15) is 0 Å². The van der Waals surface area contributed by atoms with Gasteiger partial charge in [-0.1, -0.05) is 6.42 Å². The molecule has 0 aliphatic heterocycles. The van der Waals surface area contributed by atoms with E-state index in [1.54, 1.807) is 0 Å². The zero-order valence-electron chi connectivity index (χ0n) is 12.1. The Morgan fingerprint density at radius 2 is 1.64 bits per heavy atom. The average Bonchev–Trinajstić information content (AvgIpc) is 2.43. The Labute approximate surface area is 127 Å². The molecule has 0 aliphatic rings. The molecular formula is C12H22N4O6. The van der Waals surface area contributed by atoms with Crippen molar-refractivity contribution in [3.8, 4) is 0 Å². The van der Waals surface area contributed by atoms with Gasteiger partial charge in [0.1, 0.15) is 12.6 Å². The van der Waals surface area contributed by atoms with Crippen LogP contribution in [-0.4, -0.2) is 59.1 Å². The maximum atomic E-state index is 11.8. The van der Waals surface area contributed by atoms with E-state index < -0.39 is 48.8 Å². The van der Waals surface area contributed by atoms with Gasteiger partial charge in [0, 0.05) is 0 Å². The highest BCUT2D eigenvalue weighted by atomic mass is 16.4. The standard InChI is InChI=1S/C12H22N4O6/c13-4-2-1-3-7(14)11(21)16-8(5-9(17)18)12(22)15-6-10(19)20/h7-8H,1-6,13-14H2,(H,15,22)(H,16,21)(H,17,18)(H,19,20). The van der Waals surface area contributed by atoms with Crippen LogP contribution in [-0.2, 0) is 19.2 Å². The van der Waals surface area contributed by atoms with Crippen molar-refractivity contribution in [2.75, 3.05) is 13.1 Å². The number of amides is 2. The van der Waals surface area contributed by atoms with E-state index in [1.807, 2.05) is 5.32 Å². The molecule has 2 atom stereocenters. The smallest absolute Gasteiger partial charge is 0.322 e. The molecule has 0 heterocycles. The van der Waals surface area contributed by atoms with Crippen LogP contribution in [0.1, 0.15) is 25.7 Å². The van der Waals surface area contributed by atoms with Gasteiger partial charge >= 0.3 is 11.9 Å². The van der Waals surface area contributed by atoms with Crippen LogP contribution >= 0.6 is 0 Å². The zero-order chi connectivity index (χ0) is 17.1. The molecule has 0 saturated carbocycles. The summed E-state index contributed by atoms with van der Waals surface area (Å²) >= 11 is 0. The van der Waals surface area contributed by atoms with E-state index in [-0.39, 0.29) is 0 Å². The average molecular weight is 318 g/mol. The molecule has 0 spiro atoms. The van der Waals surface area contributed by atoms with Gasteiger partial charge in [-0.15, -0.1) is 0 Å². The molecule has 0 aliphatic carbocycles. The second kappa shape index (κ2) is 10.5. The van der Waals surface area contributed by atoms with E-state index in [0.29, 0.717) is 25.8 Å². The molecule has 10 nitrogen and oxygen atoms in total. The second-order valence-electron chi connectivity index (χ2n) is 4.66. The molecule has 2 unspecified atom stereocenters. The molecule has 0 radical (unpaired) electrons. The Bertz CT molecular complexity index is 414. The molecule has 0 rings (SSSR count). The van der Waals surface area contributed by atoms with Crippen molar-refractivity contribution in [3.63, 3.8) is 0 Å². The van der Waals surface area contributed by atoms with Gasteiger partial charge in [0.25, 0.3) is 0 Å². The third-order valence-corrected chi connectivity index (χ3v) is 2.73. The van der Waals surface area contributed by atoms with E-state index in [2.05, 4.69) is 5.32 Å².